The van der Waals surface area contributed by atoms with Crippen LogP contribution in [-0.4, -0.2) is 36.8 Å². The molecule has 37 heavy (non-hydrogen) atoms. The van der Waals surface area contributed by atoms with Crippen molar-refractivity contribution in [2.45, 2.75) is 33.6 Å². The van der Waals surface area contributed by atoms with Crippen LogP contribution < -0.4 is 19.3 Å². The highest BCUT2D eigenvalue weighted by Crippen LogP contribution is 2.42. The zero-order valence-electron chi connectivity index (χ0n) is 21.2. The molecule has 0 unspecified atom stereocenters. The van der Waals surface area contributed by atoms with Crippen LogP contribution in [0, 0.1) is 30.6 Å². The Morgan fingerprint density at radius 1 is 1.05 bits per heavy atom. The molecule has 1 aliphatic carbocycles. The molecule has 0 bridgehead atoms. The fourth-order valence-electron chi connectivity index (χ4n) is 5.58. The number of hydrogen-bond acceptors (Lipinski definition) is 6. The second-order valence-corrected chi connectivity index (χ2v) is 9.84. The van der Waals surface area contributed by atoms with Crippen molar-refractivity contribution in [3.8, 4) is 11.5 Å². The summed E-state index contributed by atoms with van der Waals surface area (Å²) in [5.41, 5.74) is 1.79. The number of imide groups is 1. The van der Waals surface area contributed by atoms with E-state index in [1.54, 1.807) is 42.2 Å². The molecule has 0 aromatic heterocycles. The van der Waals surface area contributed by atoms with Crippen molar-refractivity contribution in [3.63, 3.8) is 0 Å². The zero-order valence-corrected chi connectivity index (χ0v) is 21.2. The number of para-hydroxylation sites is 2. The predicted molar refractivity (Wildman–Crippen MR) is 137 cm³/mol. The summed E-state index contributed by atoms with van der Waals surface area (Å²) in [4.78, 5) is 54.7. The number of ether oxygens (including phenoxy) is 2. The Morgan fingerprint density at radius 3 is 2.57 bits per heavy atom. The highest BCUT2D eigenvalue weighted by atomic mass is 16.5. The molecule has 8 nitrogen and oxygen atoms in total. The largest absolute Gasteiger partial charge is 0.492 e. The third-order valence-corrected chi connectivity index (χ3v) is 7.41. The summed E-state index contributed by atoms with van der Waals surface area (Å²) in [6.07, 6.45) is 4.58. The molecule has 0 radical (unpaired) electrons. The van der Waals surface area contributed by atoms with Gasteiger partial charge in [-0.2, -0.15) is 0 Å². The number of fused-ring (bicyclic) bond motifs is 1. The Morgan fingerprint density at radius 2 is 1.84 bits per heavy atom. The first-order chi connectivity index (χ1) is 17.8. The molecule has 0 saturated carbocycles. The molecule has 2 aromatic carbocycles. The van der Waals surface area contributed by atoms with Gasteiger partial charge in [-0.1, -0.05) is 31.2 Å². The summed E-state index contributed by atoms with van der Waals surface area (Å²) < 4.78 is 11.3. The molecular formula is C29H30N2O6. The third kappa shape index (κ3) is 4.41. The van der Waals surface area contributed by atoms with E-state index in [2.05, 4.69) is 0 Å². The Hall–Kier alpha value is -3.94. The summed E-state index contributed by atoms with van der Waals surface area (Å²) in [6, 6.07) is 12.1. The van der Waals surface area contributed by atoms with Crippen LogP contribution >= 0.6 is 0 Å². The van der Waals surface area contributed by atoms with Crippen molar-refractivity contribution < 1.29 is 28.7 Å². The minimum atomic E-state index is -0.624. The van der Waals surface area contributed by atoms with Gasteiger partial charge in [0.25, 0.3) is 0 Å². The maximum atomic E-state index is 13.1. The molecule has 0 N–H and O–H groups in total. The van der Waals surface area contributed by atoms with E-state index in [0.717, 1.165) is 0 Å². The molecule has 5 rings (SSSR count). The van der Waals surface area contributed by atoms with E-state index in [9.17, 15) is 19.2 Å². The molecule has 8 heteroatoms. The minimum absolute atomic E-state index is 0.00919. The number of anilines is 2. The van der Waals surface area contributed by atoms with Gasteiger partial charge in [0, 0.05) is 13.0 Å². The second kappa shape index (κ2) is 9.84. The fourth-order valence-corrected chi connectivity index (χ4v) is 5.58. The molecule has 2 heterocycles. The number of aryl methyl sites for hydroxylation is 1. The molecule has 4 atom stereocenters. The van der Waals surface area contributed by atoms with Crippen molar-refractivity contribution in [3.05, 3.63) is 60.2 Å². The van der Waals surface area contributed by atoms with Gasteiger partial charge >= 0.3 is 5.97 Å². The van der Waals surface area contributed by atoms with Crippen molar-refractivity contribution in [1.29, 1.82) is 0 Å². The topological polar surface area (TPSA) is 93.2 Å². The van der Waals surface area contributed by atoms with E-state index in [0.29, 0.717) is 41.5 Å². The molecule has 0 spiro atoms. The van der Waals surface area contributed by atoms with Crippen LogP contribution in [0.25, 0.3) is 0 Å². The van der Waals surface area contributed by atoms with Crippen molar-refractivity contribution in [2.24, 2.45) is 23.7 Å². The minimum Gasteiger partial charge on any atom is -0.492 e. The van der Waals surface area contributed by atoms with E-state index < -0.39 is 11.9 Å². The Labute approximate surface area is 215 Å². The average Bonchev–Trinajstić information content (AvgIpc) is 3.38. The van der Waals surface area contributed by atoms with Crippen molar-refractivity contribution in [2.75, 3.05) is 23.0 Å². The summed E-state index contributed by atoms with van der Waals surface area (Å²) in [5, 5.41) is 0. The lowest BCUT2D eigenvalue weighted by molar-refractivity contribution is -0.139. The van der Waals surface area contributed by atoms with Gasteiger partial charge in [0.15, 0.2) is 0 Å². The predicted octanol–water partition coefficient (Wildman–Crippen LogP) is 4.05. The lowest BCUT2D eigenvalue weighted by Gasteiger charge is -2.22. The molecule has 2 saturated heterocycles. The van der Waals surface area contributed by atoms with Gasteiger partial charge in [-0.3, -0.25) is 19.2 Å². The van der Waals surface area contributed by atoms with Gasteiger partial charge in [-0.05, 0) is 62.1 Å². The first-order valence-electron chi connectivity index (χ1n) is 12.7. The van der Waals surface area contributed by atoms with Crippen LogP contribution in [-0.2, 0) is 19.2 Å². The van der Waals surface area contributed by atoms with E-state index in [4.69, 9.17) is 9.47 Å². The quantitative estimate of drug-likeness (QED) is 0.256. The normalized spacial score (nSPS) is 25.0. The maximum absolute atomic E-state index is 13.1. The Bertz CT molecular complexity index is 1300. The van der Waals surface area contributed by atoms with Gasteiger partial charge in [-0.15, -0.1) is 0 Å². The first-order valence-corrected chi connectivity index (χ1v) is 12.7. The lowest BCUT2D eigenvalue weighted by atomic mass is 9.78. The lowest BCUT2D eigenvalue weighted by Crippen LogP contribution is -2.32. The maximum Gasteiger partial charge on any atom is 0.316 e. The molecule has 2 fully saturated rings. The molecular weight excluding hydrogens is 472 g/mol. The average molecular weight is 503 g/mol. The van der Waals surface area contributed by atoms with Crippen LogP contribution in [0.1, 0.15) is 32.3 Å². The third-order valence-electron chi connectivity index (χ3n) is 7.41. The van der Waals surface area contributed by atoms with E-state index in [1.165, 1.54) is 4.90 Å². The molecule has 2 aliphatic heterocycles. The highest BCUT2D eigenvalue weighted by molar-refractivity contribution is 6.22. The zero-order chi connectivity index (χ0) is 26.3. The Kier molecular flexibility index (Phi) is 6.58. The van der Waals surface area contributed by atoms with Gasteiger partial charge in [0.2, 0.25) is 17.7 Å². The van der Waals surface area contributed by atoms with Crippen LogP contribution in [0.15, 0.2) is 54.6 Å². The standard InChI is InChI=1S/C29H30N2O6/c1-4-36-24-11-6-5-10-23(24)30-16-19(15-25(30)32)29(35)37-20-12-13-22(18(3)14-20)31-27(33)21-9-7-8-17(2)26(21)28(31)34/h5-8,10-14,17,19,21,26H,4,9,15-16H2,1-3H3/t17-,19-,21-,26-/m1/s1. The van der Waals surface area contributed by atoms with Gasteiger partial charge < -0.3 is 14.4 Å². The summed E-state index contributed by atoms with van der Waals surface area (Å²) in [5.74, 6) is -1.44. The Balaban J connectivity index is 1.29. The summed E-state index contributed by atoms with van der Waals surface area (Å²) in [6.45, 7) is 6.27. The van der Waals surface area contributed by atoms with Crippen LogP contribution in [0.4, 0.5) is 11.4 Å². The number of carbonyl (C=O) groups is 4. The van der Waals surface area contributed by atoms with Crippen molar-refractivity contribution >= 4 is 35.1 Å². The SMILES string of the molecule is CCOc1ccccc1N1C[C@H](C(=O)Oc2ccc(N3C(=O)[C@@H]4[C@H](C)C=CC[C@H]4C3=O)c(C)c2)CC1=O. The number of carbonyl (C=O) groups excluding carboxylic acids is 4. The first kappa shape index (κ1) is 24.7. The van der Waals surface area contributed by atoms with E-state index in [1.807, 2.05) is 38.1 Å². The highest BCUT2D eigenvalue weighted by Gasteiger charge is 2.50. The molecule has 3 aliphatic rings. The van der Waals surface area contributed by atoms with Gasteiger partial charge in [0.05, 0.1) is 35.7 Å². The fraction of sp³-hybridized carbons (Fsp3) is 0.379. The molecule has 2 aromatic rings. The number of amides is 3. The van der Waals surface area contributed by atoms with E-state index in [-0.39, 0.29) is 48.4 Å². The second-order valence-electron chi connectivity index (χ2n) is 9.84. The summed E-state index contributed by atoms with van der Waals surface area (Å²) >= 11 is 0. The van der Waals surface area contributed by atoms with Gasteiger partial charge in [0.1, 0.15) is 11.5 Å². The van der Waals surface area contributed by atoms with Crippen LogP contribution in [0.3, 0.4) is 0 Å². The molecule has 192 valence electrons. The van der Waals surface area contributed by atoms with Crippen molar-refractivity contribution in [1.82, 2.24) is 0 Å². The number of hydrogen-bond donors (Lipinski definition) is 0. The number of nitrogens with zero attached hydrogens (tertiary/aromatic N) is 2. The summed E-state index contributed by atoms with van der Waals surface area (Å²) in [7, 11) is 0. The smallest absolute Gasteiger partial charge is 0.316 e. The molecule has 3 amide bonds. The number of rotatable bonds is 6. The number of benzene rings is 2. The van der Waals surface area contributed by atoms with E-state index >= 15 is 0 Å². The monoisotopic (exact) mass is 502 g/mol. The number of allylic oxidation sites excluding steroid dienone is 2. The van der Waals surface area contributed by atoms with Crippen LogP contribution in [0.2, 0.25) is 0 Å². The van der Waals surface area contributed by atoms with Crippen LogP contribution in [0.5, 0.6) is 11.5 Å². The number of esters is 1. The van der Waals surface area contributed by atoms with Gasteiger partial charge in [-0.25, -0.2) is 4.90 Å².